The van der Waals surface area contributed by atoms with Gasteiger partial charge >= 0.3 is 0 Å². The number of fused-ring (bicyclic) bond motifs is 7. The zero-order chi connectivity index (χ0) is 27.1. The van der Waals surface area contributed by atoms with Crippen molar-refractivity contribution in [2.24, 2.45) is 0 Å². The Kier molecular flexibility index (Phi) is 7.77. The van der Waals surface area contributed by atoms with Gasteiger partial charge in [-0.2, -0.15) is 10.6 Å². The SMILES string of the molecule is C[N-]c1c([S-])c(-c2ccccc2)cc2ccccc12.[Y].c1ccc2cc3c(cc2c1)[nH]c1ccc2ccccc2c13. The number of aromatic amines is 1. The fourth-order valence-electron chi connectivity index (χ4n) is 5.73. The third-order valence-corrected chi connectivity index (χ3v) is 8.05. The maximum Gasteiger partial charge on any atom is 0.0471 e. The molecule has 0 saturated carbocycles. The number of hydrogen-bond donors (Lipinski definition) is 1. The topological polar surface area (TPSA) is 29.9 Å². The molecule has 7 aromatic carbocycles. The van der Waals surface area contributed by atoms with Crippen molar-refractivity contribution in [1.29, 1.82) is 0 Å². The summed E-state index contributed by atoms with van der Waals surface area (Å²) in [6.45, 7) is 0. The molecule has 195 valence electrons. The van der Waals surface area contributed by atoms with E-state index in [1.165, 1.54) is 48.7 Å². The Labute approximate surface area is 270 Å². The second kappa shape index (κ2) is 11.6. The molecule has 0 aliphatic heterocycles. The van der Waals surface area contributed by atoms with Gasteiger partial charge in [0.05, 0.1) is 0 Å². The molecule has 0 aliphatic rings. The van der Waals surface area contributed by atoms with Crippen LogP contribution in [0.4, 0.5) is 5.69 Å². The minimum absolute atomic E-state index is 0. The molecule has 0 fully saturated rings. The molecule has 2 nitrogen and oxygen atoms in total. The van der Waals surface area contributed by atoms with Crippen LogP contribution in [0.1, 0.15) is 0 Å². The van der Waals surface area contributed by atoms with E-state index in [0.29, 0.717) is 0 Å². The molecule has 1 N–H and O–H groups in total. The summed E-state index contributed by atoms with van der Waals surface area (Å²) < 4.78 is 0. The zero-order valence-corrected chi connectivity index (χ0v) is 26.3. The summed E-state index contributed by atoms with van der Waals surface area (Å²) in [6, 6.07) is 46.7. The van der Waals surface area contributed by atoms with Crippen molar-refractivity contribution < 1.29 is 32.7 Å². The van der Waals surface area contributed by atoms with E-state index in [1.54, 1.807) is 7.05 Å². The van der Waals surface area contributed by atoms with Crippen LogP contribution in [0.2, 0.25) is 0 Å². The van der Waals surface area contributed by atoms with Gasteiger partial charge in [-0.15, -0.1) is 7.05 Å². The molecule has 1 radical (unpaired) electrons. The van der Waals surface area contributed by atoms with Crippen LogP contribution in [-0.2, 0) is 45.3 Å². The molecule has 0 saturated heterocycles. The fourth-order valence-corrected chi connectivity index (χ4v) is 6.10. The molecule has 8 rings (SSSR count). The number of aromatic nitrogens is 1. The predicted molar refractivity (Wildman–Crippen MR) is 175 cm³/mol. The molecule has 1 heterocycles. The van der Waals surface area contributed by atoms with Crippen molar-refractivity contribution in [3.05, 3.63) is 139 Å². The Morgan fingerprint density at radius 2 is 1.15 bits per heavy atom. The minimum Gasteiger partial charge on any atom is -0.780 e. The number of benzene rings is 7. The van der Waals surface area contributed by atoms with E-state index in [9.17, 15) is 0 Å². The number of hydrogen-bond acceptors (Lipinski definition) is 1. The summed E-state index contributed by atoms with van der Waals surface area (Å²) in [4.78, 5) is 4.39. The Bertz CT molecular complexity index is 2170. The van der Waals surface area contributed by atoms with Gasteiger partial charge in [0.2, 0.25) is 0 Å². The average molecular weight is 620 g/mol. The molecule has 0 spiro atoms. The number of H-pyrrole nitrogens is 1. The molecule has 0 aliphatic carbocycles. The number of rotatable bonds is 2. The number of nitrogens with zero attached hydrogens (tertiary/aromatic N) is 1. The van der Waals surface area contributed by atoms with E-state index in [4.69, 9.17) is 12.6 Å². The van der Waals surface area contributed by atoms with Crippen LogP contribution in [0.15, 0.2) is 138 Å². The third-order valence-electron chi connectivity index (χ3n) is 7.64. The fraction of sp³-hybridized carbons (Fsp3) is 0.0270. The van der Waals surface area contributed by atoms with Crippen LogP contribution in [0, 0.1) is 0 Å². The second-order valence-electron chi connectivity index (χ2n) is 9.99. The van der Waals surface area contributed by atoms with E-state index >= 15 is 0 Å². The maximum absolute atomic E-state index is 5.61. The van der Waals surface area contributed by atoms with Gasteiger partial charge in [0.15, 0.2) is 0 Å². The third kappa shape index (κ3) is 4.99. The number of nitrogens with one attached hydrogen (secondary N) is 1. The molecule has 0 bridgehead atoms. The molecule has 0 amide bonds. The average Bonchev–Trinajstić information content (AvgIpc) is 3.38. The first-order chi connectivity index (χ1) is 19.7. The quantitative estimate of drug-likeness (QED) is 0.192. The van der Waals surface area contributed by atoms with Crippen LogP contribution in [0.3, 0.4) is 0 Å². The zero-order valence-electron chi connectivity index (χ0n) is 22.6. The molecular formula is C37H26N2SY-2. The van der Waals surface area contributed by atoms with Crippen molar-refractivity contribution >= 4 is 72.4 Å². The first-order valence-electron chi connectivity index (χ1n) is 13.4. The van der Waals surface area contributed by atoms with Crippen LogP contribution in [0.5, 0.6) is 0 Å². The van der Waals surface area contributed by atoms with Gasteiger partial charge in [0.25, 0.3) is 0 Å². The van der Waals surface area contributed by atoms with Gasteiger partial charge in [-0.1, -0.05) is 109 Å². The van der Waals surface area contributed by atoms with Crippen LogP contribution in [-0.4, -0.2) is 12.0 Å². The maximum atomic E-state index is 5.61. The van der Waals surface area contributed by atoms with Gasteiger partial charge in [-0.05, 0) is 67.7 Å². The largest absolute Gasteiger partial charge is 0.780 e. The van der Waals surface area contributed by atoms with Crippen molar-refractivity contribution in [2.45, 2.75) is 4.90 Å². The summed E-state index contributed by atoms with van der Waals surface area (Å²) in [7, 11) is 1.80. The Morgan fingerprint density at radius 3 is 1.88 bits per heavy atom. The smallest absolute Gasteiger partial charge is 0.0471 e. The van der Waals surface area contributed by atoms with Gasteiger partial charge in [0.1, 0.15) is 0 Å². The minimum atomic E-state index is 0. The van der Waals surface area contributed by atoms with Crippen molar-refractivity contribution in [2.75, 3.05) is 7.05 Å². The van der Waals surface area contributed by atoms with Crippen molar-refractivity contribution in [3.63, 3.8) is 0 Å². The monoisotopic (exact) mass is 619 g/mol. The molecule has 1 aromatic heterocycles. The van der Waals surface area contributed by atoms with Crippen molar-refractivity contribution in [1.82, 2.24) is 4.98 Å². The predicted octanol–water partition coefficient (Wildman–Crippen LogP) is 10.7. The molecule has 4 heteroatoms. The van der Waals surface area contributed by atoms with Crippen molar-refractivity contribution in [3.8, 4) is 11.1 Å². The van der Waals surface area contributed by atoms with E-state index in [1.807, 2.05) is 30.3 Å². The molecular weight excluding hydrogens is 593 g/mol. The van der Waals surface area contributed by atoms with Crippen LogP contribution >= 0.6 is 0 Å². The summed E-state index contributed by atoms with van der Waals surface area (Å²) in [5, 5.41) is 14.5. The van der Waals surface area contributed by atoms with Gasteiger partial charge in [0, 0.05) is 54.5 Å². The normalized spacial score (nSPS) is 11.0. The van der Waals surface area contributed by atoms with Crippen LogP contribution < -0.4 is 0 Å². The Morgan fingerprint density at radius 1 is 0.537 bits per heavy atom. The van der Waals surface area contributed by atoms with Gasteiger partial charge in [-0.3, -0.25) is 0 Å². The molecule has 41 heavy (non-hydrogen) atoms. The Hall–Kier alpha value is -3.76. The van der Waals surface area contributed by atoms with Gasteiger partial charge < -0.3 is 22.9 Å². The van der Waals surface area contributed by atoms with E-state index in [-0.39, 0.29) is 32.7 Å². The summed E-state index contributed by atoms with van der Waals surface area (Å²) >= 11 is 5.61. The standard InChI is InChI=1S/C20H13N.C17H14NS.Y/c1-2-7-15-12-19-17(11-14(15)6-1)20-16-8-4-3-5-13(16)9-10-18(20)21-19;1-18-16-14-10-6-5-9-13(14)11-15(17(16)19)12-7-3-2-4-8-12;/h1-12,21H;2-11,19H,1H3;/q;-1;/p-1. The summed E-state index contributed by atoms with van der Waals surface area (Å²) in [5.74, 6) is 0. The van der Waals surface area contributed by atoms with E-state index < -0.39 is 0 Å². The van der Waals surface area contributed by atoms with Crippen LogP contribution in [0.25, 0.3) is 70.6 Å². The first kappa shape index (κ1) is 27.4. The molecule has 0 unspecified atom stereocenters. The Balaban J connectivity index is 0.000000145. The summed E-state index contributed by atoms with van der Waals surface area (Å²) in [6.07, 6.45) is 0. The summed E-state index contributed by atoms with van der Waals surface area (Å²) in [5.41, 5.74) is 5.55. The van der Waals surface area contributed by atoms with Gasteiger partial charge in [-0.25, -0.2) is 0 Å². The first-order valence-corrected chi connectivity index (χ1v) is 13.8. The molecule has 0 atom stereocenters. The second-order valence-corrected chi connectivity index (χ2v) is 10.4. The molecule has 8 aromatic rings. The van der Waals surface area contributed by atoms with E-state index in [2.05, 4.69) is 113 Å². The van der Waals surface area contributed by atoms with E-state index in [0.717, 1.165) is 27.1 Å².